The van der Waals surface area contributed by atoms with Crippen LogP contribution in [0.15, 0.2) is 42.0 Å². The lowest BCUT2D eigenvalue weighted by Crippen LogP contribution is -2.54. The molecule has 0 saturated carbocycles. The Labute approximate surface area is 169 Å². The van der Waals surface area contributed by atoms with E-state index in [4.69, 9.17) is 39.5 Å². The molecule has 0 unspecified atom stereocenters. The second kappa shape index (κ2) is 7.60. The molecule has 2 aromatic rings. The second-order valence-corrected chi connectivity index (χ2v) is 6.72. The van der Waals surface area contributed by atoms with Crippen molar-refractivity contribution in [2.75, 3.05) is 12.0 Å². The van der Waals surface area contributed by atoms with Gasteiger partial charge in [-0.1, -0.05) is 34.8 Å². The molecule has 0 radical (unpaired) electrons. The number of barbiturate groups is 1. The van der Waals surface area contributed by atoms with Gasteiger partial charge < -0.3 is 4.74 Å². The molecule has 9 heteroatoms. The van der Waals surface area contributed by atoms with E-state index in [2.05, 4.69) is 5.32 Å². The van der Waals surface area contributed by atoms with Crippen molar-refractivity contribution in [2.45, 2.75) is 0 Å². The molecule has 4 amide bonds. The summed E-state index contributed by atoms with van der Waals surface area (Å²) in [6.45, 7) is 0. The maximum atomic E-state index is 12.8. The van der Waals surface area contributed by atoms with Crippen molar-refractivity contribution >= 4 is 64.4 Å². The molecule has 138 valence electrons. The first kappa shape index (κ1) is 19.2. The third-order valence-corrected chi connectivity index (χ3v) is 4.48. The highest BCUT2D eigenvalue weighted by atomic mass is 35.5. The van der Waals surface area contributed by atoms with Crippen LogP contribution in [0.25, 0.3) is 6.08 Å². The highest BCUT2D eigenvalue weighted by molar-refractivity contribution is 6.40. The van der Waals surface area contributed by atoms with Gasteiger partial charge in [0.1, 0.15) is 11.3 Å². The fourth-order valence-corrected chi connectivity index (χ4v) is 3.25. The lowest BCUT2D eigenvalue weighted by Gasteiger charge is -2.26. The van der Waals surface area contributed by atoms with Crippen molar-refractivity contribution in [2.24, 2.45) is 0 Å². The lowest BCUT2D eigenvalue weighted by molar-refractivity contribution is -0.122. The van der Waals surface area contributed by atoms with Crippen LogP contribution < -0.4 is 15.0 Å². The Morgan fingerprint density at radius 3 is 2.30 bits per heavy atom. The van der Waals surface area contributed by atoms with Gasteiger partial charge in [0.05, 0.1) is 17.8 Å². The molecule has 0 aromatic heterocycles. The molecule has 6 nitrogen and oxygen atoms in total. The number of hydrogen-bond acceptors (Lipinski definition) is 4. The van der Waals surface area contributed by atoms with Crippen LogP contribution in [0.5, 0.6) is 5.75 Å². The summed E-state index contributed by atoms with van der Waals surface area (Å²) in [6.07, 6.45) is 1.27. The second-order valence-electron chi connectivity index (χ2n) is 5.44. The average Bonchev–Trinajstić information content (AvgIpc) is 2.59. The number of urea groups is 1. The summed E-state index contributed by atoms with van der Waals surface area (Å²) >= 11 is 17.9. The molecule has 1 aliphatic heterocycles. The Bertz CT molecular complexity index is 987. The standard InChI is InChI=1S/C18H11Cl3N2O4/c1-27-15-9(6-11(20)8-14(15)21)7-13-16(24)22-18(26)23(17(13)25)12-4-2-10(19)3-5-12/h2-8H,1H3,(H,22,24,26)/b13-7+. The van der Waals surface area contributed by atoms with Crippen LogP contribution in [0.1, 0.15) is 5.56 Å². The SMILES string of the molecule is COc1c(Cl)cc(Cl)cc1/C=C1\C(=O)NC(=O)N(c2ccc(Cl)cc2)C1=O. The van der Waals surface area contributed by atoms with Gasteiger partial charge in [-0.25, -0.2) is 9.69 Å². The number of hydrogen-bond donors (Lipinski definition) is 1. The number of anilines is 1. The van der Waals surface area contributed by atoms with Crippen molar-refractivity contribution in [3.05, 3.63) is 62.6 Å². The summed E-state index contributed by atoms with van der Waals surface area (Å²) in [4.78, 5) is 38.1. The number of methoxy groups -OCH3 is 1. The predicted molar refractivity (Wildman–Crippen MR) is 103 cm³/mol. The molecule has 3 rings (SSSR count). The number of benzene rings is 2. The van der Waals surface area contributed by atoms with Crippen molar-refractivity contribution in [3.8, 4) is 5.75 Å². The van der Waals surface area contributed by atoms with Gasteiger partial charge in [0.2, 0.25) is 0 Å². The first-order valence-electron chi connectivity index (χ1n) is 7.52. The van der Waals surface area contributed by atoms with Crippen LogP contribution in [0.4, 0.5) is 10.5 Å². The minimum Gasteiger partial charge on any atom is -0.495 e. The van der Waals surface area contributed by atoms with Gasteiger partial charge in [0.25, 0.3) is 11.8 Å². The Balaban J connectivity index is 2.09. The van der Waals surface area contributed by atoms with E-state index >= 15 is 0 Å². The van der Waals surface area contributed by atoms with Crippen molar-refractivity contribution in [1.82, 2.24) is 5.32 Å². The number of halogens is 3. The summed E-state index contributed by atoms with van der Waals surface area (Å²) in [5.74, 6) is -1.40. The van der Waals surface area contributed by atoms with Crippen LogP contribution in [0.3, 0.4) is 0 Å². The quantitative estimate of drug-likeness (QED) is 0.587. The number of rotatable bonds is 3. The molecule has 1 N–H and O–H groups in total. The summed E-state index contributed by atoms with van der Waals surface area (Å²) in [6, 6.07) is 8.13. The normalized spacial score (nSPS) is 15.9. The molecule has 0 bridgehead atoms. The molecular weight excluding hydrogens is 415 g/mol. The zero-order valence-electron chi connectivity index (χ0n) is 13.8. The third kappa shape index (κ3) is 3.78. The number of nitrogens with zero attached hydrogens (tertiary/aromatic N) is 1. The lowest BCUT2D eigenvalue weighted by atomic mass is 10.1. The summed E-state index contributed by atoms with van der Waals surface area (Å²) in [7, 11) is 1.39. The molecule has 0 aliphatic carbocycles. The predicted octanol–water partition coefficient (Wildman–Crippen LogP) is 4.32. The van der Waals surface area contributed by atoms with E-state index in [1.165, 1.54) is 49.6 Å². The Kier molecular flexibility index (Phi) is 5.41. The van der Waals surface area contributed by atoms with Gasteiger partial charge in [-0.05, 0) is 42.5 Å². The van der Waals surface area contributed by atoms with Crippen LogP contribution in [-0.2, 0) is 9.59 Å². The first-order chi connectivity index (χ1) is 12.8. The van der Waals surface area contributed by atoms with Crippen LogP contribution in [0, 0.1) is 0 Å². The molecule has 0 atom stereocenters. The molecule has 0 spiro atoms. The number of amides is 4. The maximum absolute atomic E-state index is 12.8. The van der Waals surface area contributed by atoms with Gasteiger partial charge in [0, 0.05) is 15.6 Å². The molecular formula is C18H11Cl3N2O4. The molecule has 27 heavy (non-hydrogen) atoms. The Morgan fingerprint density at radius 1 is 1.00 bits per heavy atom. The Morgan fingerprint density at radius 2 is 1.67 bits per heavy atom. The molecule has 1 fully saturated rings. The maximum Gasteiger partial charge on any atom is 0.335 e. The van der Waals surface area contributed by atoms with Crippen molar-refractivity contribution < 1.29 is 19.1 Å². The van der Waals surface area contributed by atoms with Gasteiger partial charge in [0.15, 0.2) is 0 Å². The van der Waals surface area contributed by atoms with Gasteiger partial charge in [-0.3, -0.25) is 14.9 Å². The molecule has 1 aliphatic rings. The van der Waals surface area contributed by atoms with E-state index in [0.29, 0.717) is 15.6 Å². The van der Waals surface area contributed by atoms with Crippen LogP contribution in [-0.4, -0.2) is 25.0 Å². The summed E-state index contributed by atoms with van der Waals surface area (Å²) in [5.41, 5.74) is 0.302. The van der Waals surface area contributed by atoms with E-state index in [9.17, 15) is 14.4 Å². The third-order valence-electron chi connectivity index (χ3n) is 3.73. The highest BCUT2D eigenvalue weighted by Gasteiger charge is 2.37. The molecule has 2 aromatic carbocycles. The minimum absolute atomic E-state index is 0.214. The van der Waals surface area contributed by atoms with Gasteiger partial charge >= 0.3 is 6.03 Å². The van der Waals surface area contributed by atoms with E-state index in [1.54, 1.807) is 0 Å². The van der Waals surface area contributed by atoms with Crippen LogP contribution >= 0.6 is 34.8 Å². The number of imide groups is 2. The minimum atomic E-state index is -0.861. The molecule has 1 saturated heterocycles. The van der Waals surface area contributed by atoms with Crippen LogP contribution in [0.2, 0.25) is 15.1 Å². The summed E-state index contributed by atoms with van der Waals surface area (Å²) < 4.78 is 5.22. The van der Waals surface area contributed by atoms with E-state index < -0.39 is 17.8 Å². The number of ether oxygens (including phenoxy) is 1. The Hall–Kier alpha value is -2.54. The number of carbonyl (C=O) groups is 3. The van der Waals surface area contributed by atoms with Gasteiger partial charge in [-0.15, -0.1) is 0 Å². The number of carbonyl (C=O) groups excluding carboxylic acids is 3. The first-order valence-corrected chi connectivity index (χ1v) is 8.65. The van der Waals surface area contributed by atoms with Crippen molar-refractivity contribution in [1.29, 1.82) is 0 Å². The fourth-order valence-electron chi connectivity index (χ4n) is 2.54. The van der Waals surface area contributed by atoms with E-state index in [-0.39, 0.29) is 22.0 Å². The smallest absolute Gasteiger partial charge is 0.335 e. The topological polar surface area (TPSA) is 75.7 Å². The molecule has 1 heterocycles. The van der Waals surface area contributed by atoms with E-state index in [0.717, 1.165) is 4.90 Å². The van der Waals surface area contributed by atoms with Gasteiger partial charge in [-0.2, -0.15) is 0 Å². The largest absolute Gasteiger partial charge is 0.495 e. The van der Waals surface area contributed by atoms with E-state index in [1.807, 2.05) is 0 Å². The zero-order valence-corrected chi connectivity index (χ0v) is 16.0. The summed E-state index contributed by atoms with van der Waals surface area (Å²) in [5, 5.41) is 3.08. The highest BCUT2D eigenvalue weighted by Crippen LogP contribution is 2.34. The average molecular weight is 426 g/mol. The zero-order chi connectivity index (χ0) is 19.7. The monoisotopic (exact) mass is 424 g/mol. The fraction of sp³-hybridized carbons (Fsp3) is 0.0556. The number of nitrogens with one attached hydrogen (secondary N) is 1. The van der Waals surface area contributed by atoms with Crippen molar-refractivity contribution in [3.63, 3.8) is 0 Å².